The van der Waals surface area contributed by atoms with Crippen LogP contribution in [-0.4, -0.2) is 11.2 Å². The van der Waals surface area contributed by atoms with Crippen molar-refractivity contribution in [2.75, 3.05) is 0 Å². The number of hydrogen-bond acceptors (Lipinski definition) is 1. The molecule has 1 nitrogen and oxygen atoms in total. The summed E-state index contributed by atoms with van der Waals surface area (Å²) in [6.07, 6.45) is 8.90. The van der Waals surface area contributed by atoms with Crippen LogP contribution in [0, 0.1) is 12.8 Å². The largest absolute Gasteiger partial charge is 0.393 e. The van der Waals surface area contributed by atoms with Crippen molar-refractivity contribution in [3.8, 4) is 0 Å². The highest BCUT2D eigenvalue weighted by molar-refractivity contribution is 4.87. The van der Waals surface area contributed by atoms with E-state index in [0.717, 1.165) is 32.1 Å². The van der Waals surface area contributed by atoms with Gasteiger partial charge in [0.2, 0.25) is 0 Å². The molecule has 0 aliphatic carbocycles. The average molecular weight is 183 g/mol. The molecule has 0 heterocycles. The van der Waals surface area contributed by atoms with Gasteiger partial charge in [0.05, 0.1) is 6.10 Å². The van der Waals surface area contributed by atoms with E-state index in [1.807, 2.05) is 6.08 Å². The van der Waals surface area contributed by atoms with E-state index in [2.05, 4.69) is 20.8 Å². The third kappa shape index (κ3) is 5.87. The van der Waals surface area contributed by atoms with Crippen LogP contribution in [0.2, 0.25) is 0 Å². The van der Waals surface area contributed by atoms with Gasteiger partial charge >= 0.3 is 0 Å². The van der Waals surface area contributed by atoms with Gasteiger partial charge in [-0.1, -0.05) is 38.8 Å². The van der Waals surface area contributed by atoms with Gasteiger partial charge in [-0.3, -0.25) is 0 Å². The van der Waals surface area contributed by atoms with Gasteiger partial charge in [0.1, 0.15) is 0 Å². The highest BCUT2D eigenvalue weighted by atomic mass is 16.3. The molecule has 0 saturated heterocycles. The van der Waals surface area contributed by atoms with E-state index in [1.165, 1.54) is 0 Å². The van der Waals surface area contributed by atoms with Crippen LogP contribution in [0.5, 0.6) is 0 Å². The Kier molecular flexibility index (Phi) is 8.11. The summed E-state index contributed by atoms with van der Waals surface area (Å²) in [5.41, 5.74) is 0. The van der Waals surface area contributed by atoms with Crippen LogP contribution in [0.1, 0.15) is 46.0 Å². The number of allylic oxidation sites excluding steroid dienone is 1. The average Bonchev–Trinajstić information content (AvgIpc) is 2.14. The van der Waals surface area contributed by atoms with Crippen molar-refractivity contribution in [3.63, 3.8) is 0 Å². The predicted molar refractivity (Wildman–Crippen MR) is 58.4 cm³/mol. The van der Waals surface area contributed by atoms with Crippen molar-refractivity contribution in [3.05, 3.63) is 19.1 Å². The van der Waals surface area contributed by atoms with Crippen LogP contribution in [0.4, 0.5) is 0 Å². The fraction of sp³-hybridized carbons (Fsp3) is 0.750. The molecule has 0 aromatic rings. The first-order valence-electron chi connectivity index (χ1n) is 5.38. The van der Waals surface area contributed by atoms with Gasteiger partial charge < -0.3 is 5.11 Å². The summed E-state index contributed by atoms with van der Waals surface area (Å²) >= 11 is 0. The molecular weight excluding hydrogens is 160 g/mol. The zero-order valence-electron chi connectivity index (χ0n) is 9.00. The molecule has 1 radical (unpaired) electrons. The van der Waals surface area contributed by atoms with Gasteiger partial charge in [0.25, 0.3) is 0 Å². The summed E-state index contributed by atoms with van der Waals surface area (Å²) in [6.45, 7) is 7.96. The Bertz CT molecular complexity index is 123. The summed E-state index contributed by atoms with van der Waals surface area (Å²) in [6, 6.07) is 0. The maximum Gasteiger partial charge on any atom is 0.0602 e. The van der Waals surface area contributed by atoms with Crippen LogP contribution in [0.3, 0.4) is 0 Å². The van der Waals surface area contributed by atoms with Gasteiger partial charge in [-0.2, -0.15) is 0 Å². The lowest BCUT2D eigenvalue weighted by atomic mass is 9.90. The Hall–Kier alpha value is -0.300. The fourth-order valence-electron chi connectivity index (χ4n) is 1.70. The SMILES string of the molecule is [CH2]/C=C/CC(O)C(CCC)CCC. The van der Waals surface area contributed by atoms with Crippen molar-refractivity contribution < 1.29 is 5.11 Å². The molecule has 1 N–H and O–H groups in total. The first-order valence-corrected chi connectivity index (χ1v) is 5.38. The van der Waals surface area contributed by atoms with Gasteiger partial charge in [0.15, 0.2) is 0 Å². The normalized spacial score (nSPS) is 14.2. The van der Waals surface area contributed by atoms with E-state index in [-0.39, 0.29) is 6.10 Å². The van der Waals surface area contributed by atoms with Crippen molar-refractivity contribution >= 4 is 0 Å². The lowest BCUT2D eigenvalue weighted by Crippen LogP contribution is -2.19. The molecule has 1 unspecified atom stereocenters. The second-order valence-corrected chi connectivity index (χ2v) is 3.61. The summed E-state index contributed by atoms with van der Waals surface area (Å²) in [4.78, 5) is 0. The van der Waals surface area contributed by atoms with Crippen molar-refractivity contribution in [1.29, 1.82) is 0 Å². The predicted octanol–water partition coefficient (Wildman–Crippen LogP) is 3.34. The van der Waals surface area contributed by atoms with Crippen molar-refractivity contribution in [1.82, 2.24) is 0 Å². The molecule has 1 heteroatoms. The van der Waals surface area contributed by atoms with E-state index >= 15 is 0 Å². The summed E-state index contributed by atoms with van der Waals surface area (Å²) in [5.74, 6) is 0.478. The Morgan fingerprint density at radius 3 is 2.15 bits per heavy atom. The minimum Gasteiger partial charge on any atom is -0.393 e. The zero-order valence-corrected chi connectivity index (χ0v) is 9.00. The van der Waals surface area contributed by atoms with Gasteiger partial charge in [-0.15, -0.1) is 0 Å². The molecule has 77 valence electrons. The number of hydrogen-bond donors (Lipinski definition) is 1. The number of rotatable bonds is 7. The summed E-state index contributed by atoms with van der Waals surface area (Å²) in [5, 5.41) is 9.82. The molecule has 0 aromatic carbocycles. The third-order valence-corrected chi connectivity index (χ3v) is 2.41. The minimum atomic E-state index is -0.169. The topological polar surface area (TPSA) is 20.2 Å². The van der Waals surface area contributed by atoms with E-state index in [1.54, 1.807) is 6.08 Å². The molecule has 0 saturated carbocycles. The molecular formula is C12H23O. The van der Waals surface area contributed by atoms with Crippen molar-refractivity contribution in [2.24, 2.45) is 5.92 Å². The highest BCUT2D eigenvalue weighted by Crippen LogP contribution is 2.20. The second-order valence-electron chi connectivity index (χ2n) is 3.61. The van der Waals surface area contributed by atoms with E-state index < -0.39 is 0 Å². The Morgan fingerprint density at radius 1 is 1.23 bits per heavy atom. The monoisotopic (exact) mass is 183 g/mol. The first kappa shape index (κ1) is 12.7. The van der Waals surface area contributed by atoms with Gasteiger partial charge in [-0.05, 0) is 32.1 Å². The van der Waals surface area contributed by atoms with Crippen LogP contribution < -0.4 is 0 Å². The van der Waals surface area contributed by atoms with Crippen LogP contribution in [-0.2, 0) is 0 Å². The van der Waals surface area contributed by atoms with Crippen LogP contribution in [0.15, 0.2) is 12.2 Å². The molecule has 13 heavy (non-hydrogen) atoms. The lowest BCUT2D eigenvalue weighted by Gasteiger charge is -2.20. The Balaban J connectivity index is 3.86. The highest BCUT2D eigenvalue weighted by Gasteiger charge is 2.15. The molecule has 0 fully saturated rings. The van der Waals surface area contributed by atoms with E-state index in [9.17, 15) is 5.11 Å². The smallest absolute Gasteiger partial charge is 0.0602 e. The van der Waals surface area contributed by atoms with Gasteiger partial charge in [-0.25, -0.2) is 0 Å². The Labute approximate surface area is 82.9 Å². The molecule has 0 aromatic heterocycles. The quantitative estimate of drug-likeness (QED) is 0.642. The Morgan fingerprint density at radius 2 is 1.77 bits per heavy atom. The van der Waals surface area contributed by atoms with Crippen LogP contribution >= 0.6 is 0 Å². The van der Waals surface area contributed by atoms with Gasteiger partial charge in [0, 0.05) is 0 Å². The maximum absolute atomic E-state index is 9.82. The maximum atomic E-state index is 9.82. The second kappa shape index (κ2) is 8.31. The number of aliphatic hydroxyl groups excluding tert-OH is 1. The summed E-state index contributed by atoms with van der Waals surface area (Å²) < 4.78 is 0. The summed E-state index contributed by atoms with van der Waals surface area (Å²) in [7, 11) is 0. The standard InChI is InChI=1S/C12H23O/c1-4-7-10-12(13)11(8-5-2)9-6-3/h4,7,11-13H,1,5-6,8-10H2,2-3H3/b7-4+. The van der Waals surface area contributed by atoms with E-state index in [0.29, 0.717) is 5.92 Å². The molecule has 0 rings (SSSR count). The molecule has 0 bridgehead atoms. The van der Waals surface area contributed by atoms with Crippen LogP contribution in [0.25, 0.3) is 0 Å². The molecule has 0 aliphatic rings. The number of aliphatic hydroxyl groups is 1. The molecule has 0 amide bonds. The molecule has 0 spiro atoms. The first-order chi connectivity index (χ1) is 6.26. The lowest BCUT2D eigenvalue weighted by molar-refractivity contribution is 0.0988. The minimum absolute atomic E-state index is 0.169. The van der Waals surface area contributed by atoms with Crippen molar-refractivity contribution in [2.45, 2.75) is 52.1 Å². The fourth-order valence-corrected chi connectivity index (χ4v) is 1.70. The van der Waals surface area contributed by atoms with E-state index in [4.69, 9.17) is 0 Å². The molecule has 0 aliphatic heterocycles. The molecule has 1 atom stereocenters. The zero-order chi connectivity index (χ0) is 10.1. The third-order valence-electron chi connectivity index (χ3n) is 2.41.